The maximum absolute atomic E-state index is 11.6. The van der Waals surface area contributed by atoms with Crippen molar-refractivity contribution < 1.29 is 9.53 Å². The van der Waals surface area contributed by atoms with Crippen LogP contribution in [0.2, 0.25) is 5.02 Å². The van der Waals surface area contributed by atoms with Gasteiger partial charge in [0.05, 0.1) is 6.04 Å². The molecule has 1 aliphatic rings. The van der Waals surface area contributed by atoms with Crippen molar-refractivity contribution in [2.45, 2.75) is 19.0 Å². The molecule has 2 N–H and O–H groups in total. The highest BCUT2D eigenvalue weighted by atomic mass is 35.5. The van der Waals surface area contributed by atoms with Crippen molar-refractivity contribution >= 4 is 17.7 Å². The number of carbonyl (C=O) groups is 1. The fourth-order valence-electron chi connectivity index (χ4n) is 1.95. The van der Waals surface area contributed by atoms with E-state index in [1.807, 2.05) is 24.3 Å². The zero-order valence-electron chi connectivity index (χ0n) is 9.43. The number of carbonyl (C=O) groups excluding carboxylic acids is 1. The Morgan fingerprint density at radius 3 is 3.06 bits per heavy atom. The lowest BCUT2D eigenvalue weighted by Gasteiger charge is -2.20. The van der Waals surface area contributed by atoms with E-state index in [1.54, 1.807) is 4.90 Å². The fraction of sp³-hybridized carbons (Fsp3) is 0.417. The van der Waals surface area contributed by atoms with E-state index >= 15 is 0 Å². The van der Waals surface area contributed by atoms with Crippen molar-refractivity contribution in [3.8, 4) is 0 Å². The molecule has 1 amide bonds. The summed E-state index contributed by atoms with van der Waals surface area (Å²) in [7, 11) is 0. The molecular weight excluding hydrogens is 240 g/mol. The highest BCUT2D eigenvalue weighted by Crippen LogP contribution is 2.20. The predicted octanol–water partition coefficient (Wildman–Crippen LogP) is 2.01. The van der Waals surface area contributed by atoms with Gasteiger partial charge < -0.3 is 10.5 Å². The molecule has 0 aliphatic carbocycles. The molecule has 5 heteroatoms. The number of amides is 1. The Hall–Kier alpha value is -1.26. The Balaban J connectivity index is 2.08. The van der Waals surface area contributed by atoms with Gasteiger partial charge in [-0.15, -0.1) is 0 Å². The Morgan fingerprint density at radius 1 is 1.53 bits per heavy atom. The third kappa shape index (κ3) is 2.90. The van der Waals surface area contributed by atoms with Crippen LogP contribution in [0.15, 0.2) is 24.3 Å². The van der Waals surface area contributed by atoms with Crippen molar-refractivity contribution in [1.29, 1.82) is 0 Å². The molecule has 1 atom stereocenters. The number of hydrogen-bond acceptors (Lipinski definition) is 3. The first-order valence-electron chi connectivity index (χ1n) is 5.58. The standard InChI is InChI=1S/C12H15ClN2O2/c13-10-3-1-2-9(6-10)7-15-11(4-5-14)8-17-12(15)16/h1-3,6,11H,4-5,7-8,14H2. The number of nitrogens with zero attached hydrogens (tertiary/aromatic N) is 1. The van der Waals surface area contributed by atoms with Gasteiger partial charge in [0, 0.05) is 11.6 Å². The molecular formula is C12H15ClN2O2. The van der Waals surface area contributed by atoms with Crippen LogP contribution in [0.1, 0.15) is 12.0 Å². The number of halogens is 1. The molecule has 1 unspecified atom stereocenters. The Labute approximate surface area is 105 Å². The largest absolute Gasteiger partial charge is 0.447 e. The van der Waals surface area contributed by atoms with E-state index in [2.05, 4.69) is 0 Å². The number of nitrogens with two attached hydrogens (primary N) is 1. The highest BCUT2D eigenvalue weighted by Gasteiger charge is 2.32. The molecule has 2 rings (SSSR count). The minimum absolute atomic E-state index is 0.0754. The van der Waals surface area contributed by atoms with Gasteiger partial charge in [0.2, 0.25) is 0 Å². The minimum Gasteiger partial charge on any atom is -0.447 e. The van der Waals surface area contributed by atoms with Crippen molar-refractivity contribution in [1.82, 2.24) is 4.90 Å². The molecule has 1 aliphatic heterocycles. The van der Waals surface area contributed by atoms with Crippen molar-refractivity contribution in [3.63, 3.8) is 0 Å². The van der Waals surface area contributed by atoms with Crippen LogP contribution >= 0.6 is 11.6 Å². The maximum atomic E-state index is 11.6. The van der Waals surface area contributed by atoms with Gasteiger partial charge in [0.1, 0.15) is 6.61 Å². The zero-order chi connectivity index (χ0) is 12.3. The van der Waals surface area contributed by atoms with Crippen LogP contribution in [0.4, 0.5) is 4.79 Å². The van der Waals surface area contributed by atoms with E-state index in [-0.39, 0.29) is 12.1 Å². The van der Waals surface area contributed by atoms with Gasteiger partial charge in [0.25, 0.3) is 0 Å². The van der Waals surface area contributed by atoms with Crippen LogP contribution in [0.25, 0.3) is 0 Å². The lowest BCUT2D eigenvalue weighted by Crippen LogP contribution is -2.34. The zero-order valence-corrected chi connectivity index (χ0v) is 10.2. The third-order valence-corrected chi connectivity index (χ3v) is 3.05. The second-order valence-corrected chi connectivity index (χ2v) is 4.50. The van der Waals surface area contributed by atoms with Gasteiger partial charge in [-0.1, -0.05) is 23.7 Å². The van der Waals surface area contributed by atoms with Gasteiger partial charge in [-0.05, 0) is 30.7 Å². The summed E-state index contributed by atoms with van der Waals surface area (Å²) in [4.78, 5) is 13.3. The quantitative estimate of drug-likeness (QED) is 0.894. The normalized spacial score (nSPS) is 19.5. The Kier molecular flexibility index (Phi) is 3.86. The summed E-state index contributed by atoms with van der Waals surface area (Å²) in [6.45, 7) is 1.49. The second-order valence-electron chi connectivity index (χ2n) is 4.07. The van der Waals surface area contributed by atoms with Crippen LogP contribution in [-0.4, -0.2) is 30.2 Å². The Morgan fingerprint density at radius 2 is 2.35 bits per heavy atom. The van der Waals surface area contributed by atoms with E-state index < -0.39 is 0 Å². The van der Waals surface area contributed by atoms with E-state index in [0.29, 0.717) is 24.7 Å². The van der Waals surface area contributed by atoms with E-state index in [4.69, 9.17) is 22.1 Å². The number of benzene rings is 1. The summed E-state index contributed by atoms with van der Waals surface area (Å²) in [6.07, 6.45) is 0.482. The van der Waals surface area contributed by atoms with Crippen LogP contribution < -0.4 is 5.73 Å². The minimum atomic E-state index is -0.275. The molecule has 1 aromatic rings. The monoisotopic (exact) mass is 254 g/mol. The van der Waals surface area contributed by atoms with Gasteiger partial charge in [-0.2, -0.15) is 0 Å². The Bertz CT molecular complexity index is 411. The summed E-state index contributed by atoms with van der Waals surface area (Å²) < 4.78 is 5.03. The lowest BCUT2D eigenvalue weighted by atomic mass is 10.1. The molecule has 1 fully saturated rings. The van der Waals surface area contributed by atoms with Crippen molar-refractivity contribution in [2.24, 2.45) is 5.73 Å². The first-order chi connectivity index (χ1) is 8.20. The summed E-state index contributed by atoms with van der Waals surface area (Å²) in [5.41, 5.74) is 6.52. The van der Waals surface area contributed by atoms with E-state index in [9.17, 15) is 4.79 Å². The van der Waals surface area contributed by atoms with Gasteiger partial charge >= 0.3 is 6.09 Å². The summed E-state index contributed by atoms with van der Waals surface area (Å²) in [5.74, 6) is 0. The topological polar surface area (TPSA) is 55.6 Å². The van der Waals surface area contributed by atoms with Gasteiger partial charge in [-0.25, -0.2) is 4.79 Å². The smallest absolute Gasteiger partial charge is 0.410 e. The molecule has 0 saturated carbocycles. The first-order valence-corrected chi connectivity index (χ1v) is 5.96. The molecule has 0 bridgehead atoms. The lowest BCUT2D eigenvalue weighted by molar-refractivity contribution is 0.156. The number of cyclic esters (lactones) is 1. The summed E-state index contributed by atoms with van der Waals surface area (Å²) >= 11 is 5.91. The second kappa shape index (κ2) is 5.38. The molecule has 0 aromatic heterocycles. The van der Waals surface area contributed by atoms with Gasteiger partial charge in [-0.3, -0.25) is 4.90 Å². The molecule has 4 nitrogen and oxygen atoms in total. The molecule has 0 spiro atoms. The molecule has 1 aromatic carbocycles. The molecule has 17 heavy (non-hydrogen) atoms. The summed E-state index contributed by atoms with van der Waals surface area (Å²) in [5, 5.41) is 0.672. The number of hydrogen-bond donors (Lipinski definition) is 1. The average Bonchev–Trinajstić information content (AvgIpc) is 2.62. The molecule has 1 heterocycles. The van der Waals surface area contributed by atoms with Crippen LogP contribution in [-0.2, 0) is 11.3 Å². The van der Waals surface area contributed by atoms with Crippen molar-refractivity contribution in [2.75, 3.05) is 13.2 Å². The fourth-order valence-corrected chi connectivity index (χ4v) is 2.16. The highest BCUT2D eigenvalue weighted by molar-refractivity contribution is 6.30. The number of ether oxygens (including phenoxy) is 1. The van der Waals surface area contributed by atoms with E-state index in [0.717, 1.165) is 12.0 Å². The molecule has 92 valence electrons. The predicted molar refractivity (Wildman–Crippen MR) is 65.8 cm³/mol. The maximum Gasteiger partial charge on any atom is 0.410 e. The SMILES string of the molecule is NCCC1COC(=O)N1Cc1cccc(Cl)c1. The molecule has 0 radical (unpaired) electrons. The first kappa shape index (κ1) is 12.2. The van der Waals surface area contributed by atoms with Crippen molar-refractivity contribution in [3.05, 3.63) is 34.9 Å². The third-order valence-electron chi connectivity index (χ3n) is 2.82. The summed E-state index contributed by atoms with van der Waals surface area (Å²) in [6, 6.07) is 7.55. The van der Waals surface area contributed by atoms with Crippen LogP contribution in [0.3, 0.4) is 0 Å². The van der Waals surface area contributed by atoms with Crippen LogP contribution in [0.5, 0.6) is 0 Å². The molecule has 1 saturated heterocycles. The average molecular weight is 255 g/mol. The van der Waals surface area contributed by atoms with E-state index in [1.165, 1.54) is 0 Å². The number of rotatable bonds is 4. The van der Waals surface area contributed by atoms with Gasteiger partial charge in [0.15, 0.2) is 0 Å². The van der Waals surface area contributed by atoms with Crippen LogP contribution in [0, 0.1) is 0 Å².